The number of nitrogens with zero attached hydrogens (tertiary/aromatic N) is 1. The number of nitrogens with one attached hydrogen (secondary N) is 1. The Labute approximate surface area is 158 Å². The van der Waals surface area contributed by atoms with Crippen molar-refractivity contribution in [3.05, 3.63) is 54.6 Å². The number of rotatable bonds is 6. The van der Waals surface area contributed by atoms with E-state index >= 15 is 0 Å². The van der Waals surface area contributed by atoms with E-state index in [1.807, 2.05) is 54.3 Å². The van der Waals surface area contributed by atoms with Crippen LogP contribution in [-0.4, -0.2) is 41.0 Å². The van der Waals surface area contributed by atoms with Gasteiger partial charge in [0.15, 0.2) is 0 Å². The van der Waals surface area contributed by atoms with E-state index < -0.39 is 5.97 Å². The molecule has 0 aromatic heterocycles. The van der Waals surface area contributed by atoms with Gasteiger partial charge >= 0.3 is 5.97 Å². The summed E-state index contributed by atoms with van der Waals surface area (Å²) in [5.74, 6) is 0.314. The van der Waals surface area contributed by atoms with E-state index in [1.54, 1.807) is 12.1 Å². The Balaban J connectivity index is 1.52. The van der Waals surface area contributed by atoms with Crippen molar-refractivity contribution in [1.82, 2.24) is 4.90 Å². The number of carbonyl (C=O) groups excluding carboxylic acids is 1. The van der Waals surface area contributed by atoms with Gasteiger partial charge in [-0.3, -0.25) is 14.5 Å². The van der Waals surface area contributed by atoms with Crippen molar-refractivity contribution in [3.8, 4) is 11.5 Å². The smallest absolute Gasteiger partial charge is 0.306 e. The SMILES string of the molecule is CC(C(=O)Nc1ccc(Oc2ccccc2)cc1)N1CCC(C(=O)O)CC1. The van der Waals surface area contributed by atoms with Gasteiger partial charge in [-0.15, -0.1) is 0 Å². The van der Waals surface area contributed by atoms with Gasteiger partial charge in [0, 0.05) is 5.69 Å². The normalized spacial score (nSPS) is 16.5. The molecule has 1 fully saturated rings. The number of hydrogen-bond acceptors (Lipinski definition) is 4. The molecule has 27 heavy (non-hydrogen) atoms. The molecule has 0 radical (unpaired) electrons. The minimum absolute atomic E-state index is 0.0968. The largest absolute Gasteiger partial charge is 0.481 e. The summed E-state index contributed by atoms with van der Waals surface area (Å²) in [6.45, 7) is 3.09. The third-order valence-corrected chi connectivity index (χ3v) is 4.91. The number of carboxylic acids is 1. The maximum absolute atomic E-state index is 12.5. The van der Waals surface area contributed by atoms with Crippen molar-refractivity contribution < 1.29 is 19.4 Å². The van der Waals surface area contributed by atoms with Crippen LogP contribution in [0.15, 0.2) is 54.6 Å². The minimum atomic E-state index is -0.746. The molecule has 142 valence electrons. The molecule has 0 spiro atoms. The van der Waals surface area contributed by atoms with E-state index in [1.165, 1.54) is 0 Å². The summed E-state index contributed by atoms with van der Waals surface area (Å²) in [6.07, 6.45) is 1.16. The Morgan fingerprint density at radius 1 is 1.04 bits per heavy atom. The average molecular weight is 368 g/mol. The number of piperidine rings is 1. The molecule has 1 amide bonds. The molecule has 0 saturated carbocycles. The standard InChI is InChI=1S/C21H24N2O4/c1-15(23-13-11-16(12-14-23)21(25)26)20(24)22-17-7-9-19(10-8-17)27-18-5-3-2-4-6-18/h2-10,15-16H,11-14H2,1H3,(H,22,24)(H,25,26). The summed E-state index contributed by atoms with van der Waals surface area (Å²) in [7, 11) is 0. The van der Waals surface area contributed by atoms with Gasteiger partial charge in [-0.2, -0.15) is 0 Å². The van der Waals surface area contributed by atoms with Gasteiger partial charge in [0.05, 0.1) is 12.0 Å². The molecule has 1 aliphatic rings. The Kier molecular flexibility index (Phi) is 6.08. The first-order chi connectivity index (χ1) is 13.0. The van der Waals surface area contributed by atoms with E-state index in [2.05, 4.69) is 5.32 Å². The van der Waals surface area contributed by atoms with E-state index in [9.17, 15) is 9.59 Å². The number of carbonyl (C=O) groups is 2. The first kappa shape index (κ1) is 18.9. The fraction of sp³-hybridized carbons (Fsp3) is 0.333. The van der Waals surface area contributed by atoms with Crippen LogP contribution in [0.4, 0.5) is 5.69 Å². The lowest BCUT2D eigenvalue weighted by Gasteiger charge is -2.33. The van der Waals surface area contributed by atoms with Crippen molar-refractivity contribution in [3.63, 3.8) is 0 Å². The molecule has 3 rings (SSSR count). The van der Waals surface area contributed by atoms with Gasteiger partial charge in [-0.25, -0.2) is 0 Å². The van der Waals surface area contributed by atoms with Crippen LogP contribution in [0, 0.1) is 5.92 Å². The van der Waals surface area contributed by atoms with Crippen LogP contribution in [-0.2, 0) is 9.59 Å². The van der Waals surface area contributed by atoms with E-state index in [-0.39, 0.29) is 17.9 Å². The Bertz CT molecular complexity index is 769. The zero-order valence-corrected chi connectivity index (χ0v) is 15.3. The van der Waals surface area contributed by atoms with Crippen molar-refractivity contribution in [1.29, 1.82) is 0 Å². The Hall–Kier alpha value is -2.86. The fourth-order valence-corrected chi connectivity index (χ4v) is 3.18. The lowest BCUT2D eigenvalue weighted by molar-refractivity contribution is -0.143. The predicted octanol–water partition coefficient (Wildman–Crippen LogP) is 3.60. The molecule has 2 N–H and O–H groups in total. The monoisotopic (exact) mass is 368 g/mol. The molecule has 1 aliphatic heterocycles. The van der Waals surface area contributed by atoms with Gasteiger partial charge in [0.1, 0.15) is 11.5 Å². The highest BCUT2D eigenvalue weighted by Gasteiger charge is 2.29. The zero-order valence-electron chi connectivity index (χ0n) is 15.3. The summed E-state index contributed by atoms with van der Waals surface area (Å²) >= 11 is 0. The summed E-state index contributed by atoms with van der Waals surface area (Å²) < 4.78 is 5.74. The number of anilines is 1. The van der Waals surface area contributed by atoms with Crippen molar-refractivity contribution >= 4 is 17.6 Å². The molecule has 6 nitrogen and oxygen atoms in total. The molecule has 6 heteroatoms. The zero-order chi connectivity index (χ0) is 19.2. The fourth-order valence-electron chi connectivity index (χ4n) is 3.18. The van der Waals surface area contributed by atoms with Gasteiger partial charge in [-0.1, -0.05) is 18.2 Å². The highest BCUT2D eigenvalue weighted by atomic mass is 16.5. The summed E-state index contributed by atoms with van der Waals surface area (Å²) in [4.78, 5) is 25.6. The number of benzene rings is 2. The van der Waals surface area contributed by atoms with Crippen LogP contribution in [0.1, 0.15) is 19.8 Å². The van der Waals surface area contributed by atoms with E-state index in [0.717, 1.165) is 5.75 Å². The van der Waals surface area contributed by atoms with E-state index in [0.29, 0.717) is 37.4 Å². The lowest BCUT2D eigenvalue weighted by Crippen LogP contribution is -2.46. The molecule has 2 aromatic carbocycles. The molecular formula is C21H24N2O4. The molecular weight excluding hydrogens is 344 g/mol. The highest BCUT2D eigenvalue weighted by molar-refractivity contribution is 5.94. The van der Waals surface area contributed by atoms with Gasteiger partial charge in [0.25, 0.3) is 0 Å². The number of hydrogen-bond donors (Lipinski definition) is 2. The number of carboxylic acid groups (broad SMARTS) is 1. The van der Waals surface area contributed by atoms with Gasteiger partial charge in [0.2, 0.25) is 5.91 Å². The van der Waals surface area contributed by atoms with Crippen LogP contribution in [0.2, 0.25) is 0 Å². The highest BCUT2D eigenvalue weighted by Crippen LogP contribution is 2.23. The minimum Gasteiger partial charge on any atom is -0.481 e. The van der Waals surface area contributed by atoms with Crippen LogP contribution >= 0.6 is 0 Å². The molecule has 0 bridgehead atoms. The van der Waals surface area contributed by atoms with Crippen molar-refractivity contribution in [2.24, 2.45) is 5.92 Å². The quantitative estimate of drug-likeness (QED) is 0.814. The lowest BCUT2D eigenvalue weighted by atomic mass is 9.96. The third kappa shape index (κ3) is 5.08. The molecule has 0 aliphatic carbocycles. The second kappa shape index (κ2) is 8.68. The summed E-state index contributed by atoms with van der Waals surface area (Å²) in [6, 6.07) is 16.4. The number of likely N-dealkylation sites (tertiary alicyclic amines) is 1. The number of amides is 1. The average Bonchev–Trinajstić information content (AvgIpc) is 2.69. The number of ether oxygens (including phenoxy) is 1. The van der Waals surface area contributed by atoms with Crippen molar-refractivity contribution in [2.75, 3.05) is 18.4 Å². The predicted molar refractivity (Wildman–Crippen MR) is 103 cm³/mol. The maximum Gasteiger partial charge on any atom is 0.306 e. The van der Waals surface area contributed by atoms with Crippen LogP contribution < -0.4 is 10.1 Å². The van der Waals surface area contributed by atoms with Gasteiger partial charge in [-0.05, 0) is 69.3 Å². The first-order valence-electron chi connectivity index (χ1n) is 9.13. The summed E-state index contributed by atoms with van der Waals surface area (Å²) in [5.41, 5.74) is 0.702. The third-order valence-electron chi connectivity index (χ3n) is 4.91. The Morgan fingerprint density at radius 3 is 2.22 bits per heavy atom. The van der Waals surface area contributed by atoms with Crippen LogP contribution in [0.3, 0.4) is 0 Å². The molecule has 1 atom stereocenters. The second-order valence-corrected chi connectivity index (χ2v) is 6.75. The summed E-state index contributed by atoms with van der Waals surface area (Å²) in [5, 5.41) is 12.0. The first-order valence-corrected chi connectivity index (χ1v) is 9.13. The number of aliphatic carboxylic acids is 1. The van der Waals surface area contributed by atoms with E-state index in [4.69, 9.17) is 9.84 Å². The molecule has 1 saturated heterocycles. The van der Waals surface area contributed by atoms with Gasteiger partial charge < -0.3 is 15.2 Å². The molecule has 1 unspecified atom stereocenters. The Morgan fingerprint density at radius 2 is 1.63 bits per heavy atom. The van der Waals surface area contributed by atoms with Crippen LogP contribution in [0.5, 0.6) is 11.5 Å². The molecule has 1 heterocycles. The second-order valence-electron chi connectivity index (χ2n) is 6.75. The molecule has 2 aromatic rings. The number of para-hydroxylation sites is 1. The van der Waals surface area contributed by atoms with Crippen molar-refractivity contribution in [2.45, 2.75) is 25.8 Å². The maximum atomic E-state index is 12.5. The topological polar surface area (TPSA) is 78.9 Å². The van der Waals surface area contributed by atoms with Crippen LogP contribution in [0.25, 0.3) is 0 Å².